The number of hydrogen-bond acceptors (Lipinski definition) is 4. The Bertz CT molecular complexity index is 746. The van der Waals surface area contributed by atoms with Crippen LogP contribution in [-0.2, 0) is 17.8 Å². The fraction of sp³-hybridized carbons (Fsp3) is 0.381. The molecule has 0 aliphatic rings. The molecule has 1 N–H and O–H groups in total. The molecule has 2 aromatic rings. The largest absolute Gasteiger partial charge is 0.493 e. The molecule has 0 aliphatic heterocycles. The van der Waals surface area contributed by atoms with Crippen LogP contribution in [0.15, 0.2) is 30.3 Å². The Hall–Kier alpha value is -2.69. The predicted octanol–water partition coefficient (Wildman–Crippen LogP) is 3.58. The number of ether oxygens (including phenoxy) is 3. The minimum absolute atomic E-state index is 0.0111. The predicted molar refractivity (Wildman–Crippen MR) is 102 cm³/mol. The molecule has 0 fully saturated rings. The smallest absolute Gasteiger partial charge is 0.220 e. The average Bonchev–Trinajstić information content (AvgIpc) is 2.66. The fourth-order valence-corrected chi connectivity index (χ4v) is 2.74. The van der Waals surface area contributed by atoms with Crippen LogP contribution in [0.3, 0.4) is 0 Å². The molecule has 2 rings (SSSR count). The topological polar surface area (TPSA) is 56.8 Å². The van der Waals surface area contributed by atoms with Crippen molar-refractivity contribution in [3.63, 3.8) is 0 Å². The minimum atomic E-state index is 0.0111. The van der Waals surface area contributed by atoms with Crippen molar-refractivity contribution in [2.24, 2.45) is 0 Å². The molecule has 0 aliphatic carbocycles. The highest BCUT2D eigenvalue weighted by molar-refractivity contribution is 5.76. The summed E-state index contributed by atoms with van der Waals surface area (Å²) >= 11 is 0. The Morgan fingerprint density at radius 1 is 0.885 bits per heavy atom. The van der Waals surface area contributed by atoms with E-state index in [2.05, 4.69) is 37.4 Å². The molecule has 0 heterocycles. The van der Waals surface area contributed by atoms with Crippen molar-refractivity contribution < 1.29 is 19.0 Å². The molecule has 1 amide bonds. The first-order chi connectivity index (χ1) is 12.5. The van der Waals surface area contributed by atoms with Crippen LogP contribution < -0.4 is 19.5 Å². The van der Waals surface area contributed by atoms with Crippen LogP contribution in [0.2, 0.25) is 0 Å². The molecular weight excluding hydrogens is 330 g/mol. The molecule has 0 atom stereocenters. The normalized spacial score (nSPS) is 10.3. The number of methoxy groups -OCH3 is 3. The van der Waals surface area contributed by atoms with Gasteiger partial charge in [-0.25, -0.2) is 0 Å². The lowest BCUT2D eigenvalue weighted by Crippen LogP contribution is -2.23. The fourth-order valence-electron chi connectivity index (χ4n) is 2.74. The third-order valence-electron chi connectivity index (χ3n) is 4.43. The number of aryl methyl sites for hydroxylation is 3. The summed E-state index contributed by atoms with van der Waals surface area (Å²) in [6.07, 6.45) is 1.18. The van der Waals surface area contributed by atoms with Crippen molar-refractivity contribution in [2.45, 2.75) is 33.2 Å². The van der Waals surface area contributed by atoms with Gasteiger partial charge < -0.3 is 19.5 Å². The lowest BCUT2D eigenvalue weighted by molar-refractivity contribution is -0.121. The van der Waals surface area contributed by atoms with Gasteiger partial charge in [-0.15, -0.1) is 0 Å². The van der Waals surface area contributed by atoms with Crippen molar-refractivity contribution in [1.29, 1.82) is 0 Å². The van der Waals surface area contributed by atoms with E-state index in [4.69, 9.17) is 14.2 Å². The Labute approximate surface area is 155 Å². The first kappa shape index (κ1) is 19.6. The zero-order valence-electron chi connectivity index (χ0n) is 16.1. The summed E-state index contributed by atoms with van der Waals surface area (Å²) in [5, 5.41) is 2.94. The van der Waals surface area contributed by atoms with Crippen molar-refractivity contribution in [3.05, 3.63) is 52.6 Å². The van der Waals surface area contributed by atoms with Gasteiger partial charge in [-0.1, -0.05) is 18.2 Å². The molecule has 0 unspecified atom stereocenters. The first-order valence-corrected chi connectivity index (χ1v) is 8.60. The van der Waals surface area contributed by atoms with Crippen LogP contribution >= 0.6 is 0 Å². The van der Waals surface area contributed by atoms with E-state index < -0.39 is 0 Å². The minimum Gasteiger partial charge on any atom is -0.493 e. The molecule has 2 aromatic carbocycles. The summed E-state index contributed by atoms with van der Waals surface area (Å²) in [5.74, 6) is 1.70. The van der Waals surface area contributed by atoms with Crippen LogP contribution in [0.5, 0.6) is 17.2 Å². The van der Waals surface area contributed by atoms with E-state index in [-0.39, 0.29) is 5.91 Å². The third kappa shape index (κ3) is 4.91. The van der Waals surface area contributed by atoms with E-state index in [0.717, 1.165) is 12.0 Å². The summed E-state index contributed by atoms with van der Waals surface area (Å²) in [6, 6.07) is 9.99. The third-order valence-corrected chi connectivity index (χ3v) is 4.43. The van der Waals surface area contributed by atoms with Gasteiger partial charge >= 0.3 is 0 Å². The standard InChI is InChI=1S/C21H27NO4/c1-14-6-7-16(10-15(14)2)8-9-20(23)22-13-17-11-18(24-3)21(26-5)19(12-17)25-4/h6-7,10-12H,8-9,13H2,1-5H3,(H,22,23). The summed E-state index contributed by atoms with van der Waals surface area (Å²) in [5.41, 5.74) is 4.58. The van der Waals surface area contributed by atoms with Gasteiger partial charge in [0.2, 0.25) is 11.7 Å². The van der Waals surface area contributed by atoms with Gasteiger partial charge in [0, 0.05) is 13.0 Å². The van der Waals surface area contributed by atoms with Crippen LogP contribution in [0, 0.1) is 13.8 Å². The maximum Gasteiger partial charge on any atom is 0.220 e. The van der Waals surface area contributed by atoms with E-state index >= 15 is 0 Å². The maximum absolute atomic E-state index is 12.2. The summed E-state index contributed by atoms with van der Waals surface area (Å²) in [4.78, 5) is 12.2. The number of amides is 1. The highest BCUT2D eigenvalue weighted by Gasteiger charge is 2.13. The lowest BCUT2D eigenvalue weighted by atomic mass is 10.0. The van der Waals surface area contributed by atoms with Crippen molar-refractivity contribution in [3.8, 4) is 17.2 Å². The second-order valence-corrected chi connectivity index (χ2v) is 6.23. The molecule has 0 spiro atoms. The maximum atomic E-state index is 12.2. The summed E-state index contributed by atoms with van der Waals surface area (Å²) in [6.45, 7) is 4.58. The Morgan fingerprint density at radius 3 is 2.08 bits per heavy atom. The average molecular weight is 357 g/mol. The number of benzene rings is 2. The number of hydrogen-bond donors (Lipinski definition) is 1. The van der Waals surface area contributed by atoms with E-state index in [9.17, 15) is 4.79 Å². The Balaban J connectivity index is 1.95. The van der Waals surface area contributed by atoms with E-state index in [0.29, 0.717) is 30.2 Å². The van der Waals surface area contributed by atoms with Gasteiger partial charge in [0.15, 0.2) is 11.5 Å². The van der Waals surface area contributed by atoms with Crippen molar-refractivity contribution in [1.82, 2.24) is 5.32 Å². The van der Waals surface area contributed by atoms with Gasteiger partial charge in [0.1, 0.15) is 0 Å². The highest BCUT2D eigenvalue weighted by Crippen LogP contribution is 2.38. The lowest BCUT2D eigenvalue weighted by Gasteiger charge is -2.14. The number of nitrogens with one attached hydrogen (secondary N) is 1. The second-order valence-electron chi connectivity index (χ2n) is 6.23. The molecule has 5 heteroatoms. The molecule has 0 radical (unpaired) electrons. The SMILES string of the molecule is COc1cc(CNC(=O)CCc2ccc(C)c(C)c2)cc(OC)c1OC. The van der Waals surface area contributed by atoms with Gasteiger partial charge in [-0.3, -0.25) is 4.79 Å². The van der Waals surface area contributed by atoms with E-state index in [1.807, 2.05) is 12.1 Å². The van der Waals surface area contributed by atoms with Crippen LogP contribution in [0.4, 0.5) is 0 Å². The zero-order chi connectivity index (χ0) is 19.1. The monoisotopic (exact) mass is 357 g/mol. The Morgan fingerprint density at radius 2 is 1.54 bits per heavy atom. The highest BCUT2D eigenvalue weighted by atomic mass is 16.5. The molecule has 0 aromatic heterocycles. The quantitative estimate of drug-likeness (QED) is 0.785. The molecule has 0 bridgehead atoms. The molecule has 0 saturated carbocycles. The molecule has 5 nitrogen and oxygen atoms in total. The molecule has 0 saturated heterocycles. The van der Waals surface area contributed by atoms with Crippen LogP contribution in [-0.4, -0.2) is 27.2 Å². The van der Waals surface area contributed by atoms with E-state index in [1.165, 1.54) is 16.7 Å². The van der Waals surface area contributed by atoms with Crippen molar-refractivity contribution in [2.75, 3.05) is 21.3 Å². The number of carbonyl (C=O) groups is 1. The van der Waals surface area contributed by atoms with Gasteiger partial charge in [0.05, 0.1) is 21.3 Å². The number of rotatable bonds is 8. The first-order valence-electron chi connectivity index (χ1n) is 8.60. The zero-order valence-corrected chi connectivity index (χ0v) is 16.1. The van der Waals surface area contributed by atoms with Crippen molar-refractivity contribution >= 4 is 5.91 Å². The number of carbonyl (C=O) groups excluding carboxylic acids is 1. The van der Waals surface area contributed by atoms with E-state index in [1.54, 1.807) is 21.3 Å². The van der Waals surface area contributed by atoms with Crippen LogP contribution in [0.25, 0.3) is 0 Å². The second kappa shape index (κ2) is 9.13. The van der Waals surface area contributed by atoms with Gasteiger partial charge in [0.25, 0.3) is 0 Å². The van der Waals surface area contributed by atoms with Crippen LogP contribution in [0.1, 0.15) is 28.7 Å². The molecule has 140 valence electrons. The van der Waals surface area contributed by atoms with Gasteiger partial charge in [-0.05, 0) is 54.7 Å². The van der Waals surface area contributed by atoms with Gasteiger partial charge in [-0.2, -0.15) is 0 Å². The molecule has 26 heavy (non-hydrogen) atoms. The summed E-state index contributed by atoms with van der Waals surface area (Å²) in [7, 11) is 4.71. The summed E-state index contributed by atoms with van der Waals surface area (Å²) < 4.78 is 16.0. The Kier molecular flexibility index (Phi) is 6.89. The molecular formula is C21H27NO4.